The first-order valence-electron chi connectivity index (χ1n) is 6.13. The van der Waals surface area contributed by atoms with Gasteiger partial charge in [-0.2, -0.15) is 5.10 Å². The lowest BCUT2D eigenvalue weighted by atomic mass is 10.1. The largest absolute Gasteiger partial charge is 0.497 e. The lowest BCUT2D eigenvalue weighted by molar-refractivity contribution is 0.415. The van der Waals surface area contributed by atoms with Gasteiger partial charge in [0, 0.05) is 10.9 Å². The van der Waals surface area contributed by atoms with Gasteiger partial charge in [-0.15, -0.1) is 11.3 Å². The zero-order valence-electron chi connectivity index (χ0n) is 11.2. The first-order valence-corrected chi connectivity index (χ1v) is 7.01. The van der Waals surface area contributed by atoms with Crippen LogP contribution in [0.2, 0.25) is 0 Å². The maximum absolute atomic E-state index is 11.9. The van der Waals surface area contributed by atoms with Crippen molar-refractivity contribution < 1.29 is 4.74 Å². The van der Waals surface area contributed by atoms with Gasteiger partial charge in [0.25, 0.3) is 5.56 Å². The number of methoxy groups -OCH3 is 1. The van der Waals surface area contributed by atoms with Crippen LogP contribution in [0.1, 0.15) is 0 Å². The van der Waals surface area contributed by atoms with Gasteiger partial charge in [-0.25, -0.2) is 10.1 Å². The van der Waals surface area contributed by atoms with E-state index in [4.69, 9.17) is 10.5 Å². The maximum Gasteiger partial charge on any atom is 0.273 e. The van der Waals surface area contributed by atoms with E-state index >= 15 is 0 Å². The molecule has 21 heavy (non-hydrogen) atoms. The molecule has 106 valence electrons. The standard InChI is InChI=1S/C14H12N4O2S/c1-20-9-4-2-3-8(5-9)11-6-10(13(19)18-17-11)12-7-21-14(15)16-12/h2-7H,1H3,(H2,15,16)(H,18,19). The summed E-state index contributed by atoms with van der Waals surface area (Å²) < 4.78 is 5.19. The highest BCUT2D eigenvalue weighted by atomic mass is 32.1. The van der Waals surface area contributed by atoms with Gasteiger partial charge in [0.1, 0.15) is 5.75 Å². The molecule has 0 aliphatic rings. The highest BCUT2D eigenvalue weighted by Gasteiger charge is 2.11. The fraction of sp³-hybridized carbons (Fsp3) is 0.0714. The summed E-state index contributed by atoms with van der Waals surface area (Å²) in [5, 5.41) is 8.72. The molecule has 0 spiro atoms. The molecule has 1 aromatic carbocycles. The van der Waals surface area contributed by atoms with Crippen molar-refractivity contribution in [3.8, 4) is 28.3 Å². The van der Waals surface area contributed by atoms with Crippen molar-refractivity contribution in [2.24, 2.45) is 0 Å². The lowest BCUT2D eigenvalue weighted by Crippen LogP contribution is -2.11. The van der Waals surface area contributed by atoms with Crippen molar-refractivity contribution in [3.63, 3.8) is 0 Å². The number of aromatic amines is 1. The van der Waals surface area contributed by atoms with Crippen LogP contribution in [0.25, 0.3) is 22.5 Å². The van der Waals surface area contributed by atoms with Crippen LogP contribution in [-0.2, 0) is 0 Å². The SMILES string of the molecule is COc1cccc(-c2cc(-c3csc(N)n3)c(=O)[nH]n2)c1. The van der Waals surface area contributed by atoms with Crippen LogP contribution in [0.3, 0.4) is 0 Å². The normalized spacial score (nSPS) is 10.5. The molecule has 3 aromatic rings. The van der Waals surface area contributed by atoms with E-state index in [1.54, 1.807) is 18.6 Å². The molecule has 0 saturated heterocycles. The summed E-state index contributed by atoms with van der Waals surface area (Å²) in [4.78, 5) is 16.1. The van der Waals surface area contributed by atoms with Crippen LogP contribution in [0.5, 0.6) is 5.75 Å². The number of H-pyrrole nitrogens is 1. The Morgan fingerprint density at radius 2 is 2.14 bits per heavy atom. The fourth-order valence-corrected chi connectivity index (χ4v) is 2.50. The number of nitrogens with one attached hydrogen (secondary N) is 1. The summed E-state index contributed by atoms with van der Waals surface area (Å²) in [7, 11) is 1.60. The average molecular weight is 300 g/mol. The van der Waals surface area contributed by atoms with Crippen molar-refractivity contribution in [1.29, 1.82) is 0 Å². The van der Waals surface area contributed by atoms with Crippen LogP contribution < -0.4 is 16.0 Å². The Morgan fingerprint density at radius 3 is 2.86 bits per heavy atom. The summed E-state index contributed by atoms with van der Waals surface area (Å²) in [5.74, 6) is 0.722. The van der Waals surface area contributed by atoms with Crippen LogP contribution in [0, 0.1) is 0 Å². The monoisotopic (exact) mass is 300 g/mol. The van der Waals surface area contributed by atoms with E-state index < -0.39 is 0 Å². The van der Waals surface area contributed by atoms with Crippen molar-refractivity contribution in [2.75, 3.05) is 12.8 Å². The average Bonchev–Trinajstić information content (AvgIpc) is 2.94. The molecule has 0 fully saturated rings. The molecule has 2 aromatic heterocycles. The van der Waals surface area contributed by atoms with Crippen LogP contribution in [-0.4, -0.2) is 22.3 Å². The summed E-state index contributed by atoms with van der Waals surface area (Å²) in [5.41, 5.74) is 7.78. The highest BCUT2D eigenvalue weighted by Crippen LogP contribution is 2.25. The second-order valence-electron chi connectivity index (χ2n) is 4.30. The first-order chi connectivity index (χ1) is 10.2. The Balaban J connectivity index is 2.10. The third-order valence-electron chi connectivity index (χ3n) is 2.97. The third-order valence-corrected chi connectivity index (χ3v) is 3.64. The number of thiazole rings is 1. The lowest BCUT2D eigenvalue weighted by Gasteiger charge is -2.04. The van der Waals surface area contributed by atoms with E-state index in [1.807, 2.05) is 24.3 Å². The number of ether oxygens (including phenoxy) is 1. The number of benzene rings is 1. The van der Waals surface area contributed by atoms with Gasteiger partial charge >= 0.3 is 0 Å². The second kappa shape index (κ2) is 5.37. The summed E-state index contributed by atoms with van der Waals surface area (Å²) in [6.07, 6.45) is 0. The molecule has 6 nitrogen and oxygen atoms in total. The number of nitrogen functional groups attached to an aromatic ring is 1. The highest BCUT2D eigenvalue weighted by molar-refractivity contribution is 7.13. The van der Waals surface area contributed by atoms with E-state index in [2.05, 4.69) is 15.2 Å². The minimum atomic E-state index is -0.299. The summed E-state index contributed by atoms with van der Waals surface area (Å²) in [6.45, 7) is 0. The number of rotatable bonds is 3. The zero-order valence-corrected chi connectivity index (χ0v) is 12.0. The maximum atomic E-state index is 11.9. The van der Waals surface area contributed by atoms with E-state index in [0.717, 1.165) is 11.3 Å². The van der Waals surface area contributed by atoms with Gasteiger partial charge in [-0.1, -0.05) is 12.1 Å². The van der Waals surface area contributed by atoms with Gasteiger partial charge < -0.3 is 10.5 Å². The molecule has 2 heterocycles. The molecular formula is C14H12N4O2S. The summed E-state index contributed by atoms with van der Waals surface area (Å²) >= 11 is 1.29. The van der Waals surface area contributed by atoms with Gasteiger partial charge in [0.15, 0.2) is 5.13 Å². The molecular weight excluding hydrogens is 288 g/mol. The van der Waals surface area contributed by atoms with Crippen LogP contribution >= 0.6 is 11.3 Å². The number of nitrogens with two attached hydrogens (primary N) is 1. The van der Waals surface area contributed by atoms with E-state index in [9.17, 15) is 4.79 Å². The van der Waals surface area contributed by atoms with Crippen molar-refractivity contribution in [3.05, 3.63) is 46.1 Å². The molecule has 0 bridgehead atoms. The Hall–Kier alpha value is -2.67. The molecule has 0 radical (unpaired) electrons. The first kappa shape index (κ1) is 13.3. The predicted molar refractivity (Wildman–Crippen MR) is 82.4 cm³/mol. The van der Waals surface area contributed by atoms with E-state index in [0.29, 0.717) is 22.1 Å². The Bertz CT molecular complexity index is 841. The van der Waals surface area contributed by atoms with Crippen molar-refractivity contribution in [1.82, 2.24) is 15.2 Å². The molecule has 0 atom stereocenters. The molecule has 7 heteroatoms. The van der Waals surface area contributed by atoms with Crippen molar-refractivity contribution >= 4 is 16.5 Å². The topological polar surface area (TPSA) is 93.9 Å². The Morgan fingerprint density at radius 1 is 1.29 bits per heavy atom. The molecule has 0 amide bonds. The third kappa shape index (κ3) is 2.63. The summed E-state index contributed by atoms with van der Waals surface area (Å²) in [6, 6.07) is 9.14. The van der Waals surface area contributed by atoms with Gasteiger partial charge in [0.2, 0.25) is 0 Å². The number of hydrogen-bond acceptors (Lipinski definition) is 6. The quantitative estimate of drug-likeness (QED) is 0.773. The van der Waals surface area contributed by atoms with Gasteiger partial charge in [-0.05, 0) is 18.2 Å². The number of anilines is 1. The van der Waals surface area contributed by atoms with E-state index in [1.165, 1.54) is 11.3 Å². The minimum absolute atomic E-state index is 0.299. The second-order valence-corrected chi connectivity index (χ2v) is 5.19. The molecule has 3 rings (SSSR count). The molecule has 3 N–H and O–H groups in total. The number of aromatic nitrogens is 3. The van der Waals surface area contributed by atoms with Crippen LogP contribution in [0.4, 0.5) is 5.13 Å². The van der Waals surface area contributed by atoms with Crippen LogP contribution in [0.15, 0.2) is 40.5 Å². The smallest absolute Gasteiger partial charge is 0.273 e. The fourth-order valence-electron chi connectivity index (χ4n) is 1.94. The van der Waals surface area contributed by atoms with Gasteiger partial charge in [-0.3, -0.25) is 4.79 Å². The number of hydrogen-bond donors (Lipinski definition) is 2. The Labute approximate surface area is 124 Å². The molecule has 0 aliphatic heterocycles. The molecule has 0 aliphatic carbocycles. The van der Waals surface area contributed by atoms with Crippen molar-refractivity contribution in [2.45, 2.75) is 0 Å². The Kier molecular flexibility index (Phi) is 3.41. The zero-order chi connectivity index (χ0) is 14.8. The minimum Gasteiger partial charge on any atom is -0.497 e. The van der Waals surface area contributed by atoms with E-state index in [-0.39, 0.29) is 5.56 Å². The molecule has 0 saturated carbocycles. The predicted octanol–water partition coefficient (Wildman–Crippen LogP) is 2.15. The van der Waals surface area contributed by atoms with Gasteiger partial charge in [0.05, 0.1) is 24.1 Å². The number of nitrogens with zero attached hydrogens (tertiary/aromatic N) is 2. The molecule has 0 unspecified atom stereocenters.